The molecule has 58 heavy (non-hydrogen) atoms. The number of hydrogen-bond donors (Lipinski definition) is 1. The van der Waals surface area contributed by atoms with E-state index >= 15 is 0 Å². The van der Waals surface area contributed by atoms with E-state index in [1.165, 1.54) is 5.56 Å². The van der Waals surface area contributed by atoms with Gasteiger partial charge in [-0.1, -0.05) is 38.1 Å². The fraction of sp³-hybridized carbons (Fsp3) is 0.696. The van der Waals surface area contributed by atoms with Crippen molar-refractivity contribution >= 4 is 12.2 Å². The second-order valence-corrected chi connectivity index (χ2v) is 19.2. The Morgan fingerprint density at radius 1 is 0.672 bits per heavy atom. The maximum absolute atomic E-state index is 12.1. The first-order chi connectivity index (χ1) is 27.4. The lowest BCUT2D eigenvalue weighted by molar-refractivity contribution is -0.187. The van der Waals surface area contributed by atoms with Crippen LogP contribution in [-0.2, 0) is 32.0 Å². The Balaban J connectivity index is 0.000000185. The lowest BCUT2D eigenvalue weighted by atomic mass is 9.62. The Morgan fingerprint density at radius 2 is 1.09 bits per heavy atom. The van der Waals surface area contributed by atoms with E-state index in [0.717, 1.165) is 101 Å². The molecule has 0 aromatic heterocycles. The summed E-state index contributed by atoms with van der Waals surface area (Å²) in [7, 11) is 3.34. The van der Waals surface area contributed by atoms with Crippen LogP contribution in [-0.4, -0.2) is 116 Å². The molecule has 2 saturated carbocycles. The van der Waals surface area contributed by atoms with Crippen molar-refractivity contribution in [3.8, 4) is 11.5 Å². The molecule has 2 aliphatic carbocycles. The molecule has 5 fully saturated rings. The minimum Gasteiger partial charge on any atom is -0.497 e. The average Bonchev–Trinajstić information content (AvgIpc) is 3.08. The highest BCUT2D eigenvalue weighted by molar-refractivity contribution is 5.70. The average molecular weight is 809 g/mol. The van der Waals surface area contributed by atoms with E-state index in [2.05, 4.69) is 30.9 Å². The SMILES string of the molecule is CCC(CC)OC1CC2(C1)CN(C(=O)OC(C)(C)C)C2.COc1ccc(CN)cc1.COc1ccc(CN2CC(OC3CC4(C3)CN(C(=O)OC(C)(C)C)C4)C2)cc1. The molecule has 3 saturated heterocycles. The first kappa shape index (κ1) is 45.5. The highest BCUT2D eigenvalue weighted by Gasteiger charge is 2.56. The number of rotatable bonds is 11. The fourth-order valence-electron chi connectivity index (χ4n) is 8.47. The summed E-state index contributed by atoms with van der Waals surface area (Å²) in [5.74, 6) is 1.77. The number of ether oxygens (including phenoxy) is 6. The van der Waals surface area contributed by atoms with Crippen LogP contribution < -0.4 is 15.2 Å². The summed E-state index contributed by atoms with van der Waals surface area (Å²) in [6, 6.07) is 16.0. The van der Waals surface area contributed by atoms with Crippen LogP contribution in [0.5, 0.6) is 11.5 Å². The molecule has 2 aromatic carbocycles. The molecule has 3 heterocycles. The number of nitrogens with two attached hydrogens (primary N) is 1. The molecule has 7 rings (SSSR count). The maximum Gasteiger partial charge on any atom is 0.410 e. The van der Waals surface area contributed by atoms with Gasteiger partial charge in [0.05, 0.1) is 38.6 Å². The standard InChI is InChI=1S/C22H32N2O4.C16H29NO3.C8H11NO/c1-21(2,3)28-20(25)24-14-22(15-24)9-18(10-22)27-19-12-23(13-19)11-16-5-7-17(26-4)8-6-16;1-6-12(7-2)19-13-8-16(9-13)10-17(11-16)14(18)20-15(3,4)5;1-10-8-4-2-7(6-9)3-5-8/h5-8,18-19H,9-15H2,1-4H3;12-13H,6-11H2,1-5H3;2-5H,6,9H2,1H3. The molecule has 0 radical (unpaired) electrons. The molecule has 2 N–H and O–H groups in total. The van der Waals surface area contributed by atoms with Gasteiger partial charge < -0.3 is 44.0 Å². The largest absolute Gasteiger partial charge is 0.497 e. The smallest absolute Gasteiger partial charge is 0.410 e. The zero-order valence-corrected chi connectivity index (χ0v) is 37.0. The van der Waals surface area contributed by atoms with Crippen LogP contribution in [0.4, 0.5) is 9.59 Å². The zero-order valence-electron chi connectivity index (χ0n) is 37.0. The second kappa shape index (κ2) is 19.2. The molecule has 3 aliphatic heterocycles. The summed E-state index contributed by atoms with van der Waals surface area (Å²) in [5, 5.41) is 0. The topological polar surface area (TPSA) is 125 Å². The normalized spacial score (nSPS) is 20.9. The van der Waals surface area contributed by atoms with E-state index in [9.17, 15) is 9.59 Å². The number of methoxy groups -OCH3 is 2. The van der Waals surface area contributed by atoms with Crippen LogP contribution in [0.25, 0.3) is 0 Å². The summed E-state index contributed by atoms with van der Waals surface area (Å²) < 4.78 is 33.3. The highest BCUT2D eigenvalue weighted by atomic mass is 16.6. The summed E-state index contributed by atoms with van der Waals surface area (Å²) in [6.07, 6.45) is 7.67. The summed E-state index contributed by atoms with van der Waals surface area (Å²) in [6.45, 7) is 22.6. The van der Waals surface area contributed by atoms with Crippen molar-refractivity contribution in [2.45, 2.75) is 143 Å². The van der Waals surface area contributed by atoms with E-state index in [1.807, 2.05) is 87.7 Å². The van der Waals surface area contributed by atoms with Gasteiger partial charge in [0.15, 0.2) is 0 Å². The van der Waals surface area contributed by atoms with Gasteiger partial charge in [0.25, 0.3) is 0 Å². The predicted molar refractivity (Wildman–Crippen MR) is 226 cm³/mol. The molecule has 5 aliphatic rings. The third-order valence-corrected chi connectivity index (χ3v) is 11.6. The van der Waals surface area contributed by atoms with Crippen LogP contribution in [0.2, 0.25) is 0 Å². The number of likely N-dealkylation sites (tertiary alicyclic amines) is 3. The van der Waals surface area contributed by atoms with Gasteiger partial charge in [-0.15, -0.1) is 0 Å². The second-order valence-electron chi connectivity index (χ2n) is 19.2. The molecule has 0 bridgehead atoms. The van der Waals surface area contributed by atoms with E-state index in [0.29, 0.717) is 36.4 Å². The predicted octanol–water partition coefficient (Wildman–Crippen LogP) is 8.04. The lowest BCUT2D eigenvalue weighted by Gasteiger charge is -2.59. The maximum atomic E-state index is 12.1. The third-order valence-electron chi connectivity index (χ3n) is 11.6. The van der Waals surface area contributed by atoms with Crippen molar-refractivity contribution in [2.75, 3.05) is 53.5 Å². The molecule has 2 aromatic rings. The number of nitrogens with zero attached hydrogens (tertiary/aromatic N) is 3. The molecular weight excluding hydrogens is 737 g/mol. The highest BCUT2D eigenvalue weighted by Crippen LogP contribution is 2.51. The van der Waals surface area contributed by atoms with Crippen molar-refractivity contribution in [1.29, 1.82) is 0 Å². The Kier molecular flexibility index (Phi) is 15.1. The minimum atomic E-state index is -0.424. The van der Waals surface area contributed by atoms with Crippen molar-refractivity contribution in [3.05, 3.63) is 59.7 Å². The van der Waals surface area contributed by atoms with Crippen LogP contribution in [0.1, 0.15) is 105 Å². The molecule has 0 atom stereocenters. The van der Waals surface area contributed by atoms with Crippen molar-refractivity contribution in [3.63, 3.8) is 0 Å². The van der Waals surface area contributed by atoms with Gasteiger partial charge in [-0.05, 0) is 115 Å². The van der Waals surface area contributed by atoms with Crippen molar-refractivity contribution < 1.29 is 38.0 Å². The van der Waals surface area contributed by atoms with E-state index < -0.39 is 11.2 Å². The quantitative estimate of drug-likeness (QED) is 0.239. The van der Waals surface area contributed by atoms with Crippen LogP contribution in [0.3, 0.4) is 0 Å². The van der Waals surface area contributed by atoms with Crippen LogP contribution in [0, 0.1) is 10.8 Å². The number of benzene rings is 2. The van der Waals surface area contributed by atoms with Crippen LogP contribution in [0.15, 0.2) is 48.5 Å². The Hall–Kier alpha value is -3.58. The van der Waals surface area contributed by atoms with Gasteiger partial charge in [0, 0.05) is 63.2 Å². The first-order valence-corrected chi connectivity index (χ1v) is 21.3. The van der Waals surface area contributed by atoms with Crippen molar-refractivity contribution in [1.82, 2.24) is 14.7 Å². The van der Waals surface area contributed by atoms with Crippen molar-refractivity contribution in [2.24, 2.45) is 16.6 Å². The molecule has 2 amide bonds. The van der Waals surface area contributed by atoms with Crippen LogP contribution >= 0.6 is 0 Å². The van der Waals surface area contributed by atoms with E-state index in [4.69, 9.17) is 34.2 Å². The monoisotopic (exact) mass is 809 g/mol. The minimum absolute atomic E-state index is 0.174. The zero-order chi connectivity index (χ0) is 42.3. The molecule has 0 unspecified atom stereocenters. The van der Waals surface area contributed by atoms with Gasteiger partial charge in [0.2, 0.25) is 0 Å². The van der Waals surface area contributed by atoms with E-state index in [1.54, 1.807) is 14.2 Å². The third kappa shape index (κ3) is 12.7. The van der Waals surface area contributed by atoms with Gasteiger partial charge in [-0.25, -0.2) is 9.59 Å². The summed E-state index contributed by atoms with van der Waals surface area (Å²) in [4.78, 5) is 30.0. The number of amides is 2. The number of hydrogen-bond acceptors (Lipinski definition) is 10. The van der Waals surface area contributed by atoms with Gasteiger partial charge in [-0.3, -0.25) is 4.90 Å². The number of carbonyl (C=O) groups excluding carboxylic acids is 2. The molecule has 2 spiro atoms. The molecule has 12 heteroatoms. The van der Waals surface area contributed by atoms with Gasteiger partial charge >= 0.3 is 12.2 Å². The fourth-order valence-corrected chi connectivity index (χ4v) is 8.47. The summed E-state index contributed by atoms with van der Waals surface area (Å²) in [5.41, 5.74) is 7.62. The Labute approximate surface area is 348 Å². The lowest BCUT2D eigenvalue weighted by Crippen LogP contribution is -2.66. The summed E-state index contributed by atoms with van der Waals surface area (Å²) >= 11 is 0. The van der Waals surface area contributed by atoms with Gasteiger partial charge in [-0.2, -0.15) is 0 Å². The first-order valence-electron chi connectivity index (χ1n) is 21.3. The van der Waals surface area contributed by atoms with Gasteiger partial charge in [0.1, 0.15) is 22.7 Å². The molecular formula is C46H72N4O8. The number of carbonyl (C=O) groups is 2. The Bertz CT molecular complexity index is 1560. The van der Waals surface area contributed by atoms with E-state index in [-0.39, 0.29) is 17.6 Å². The molecule has 12 nitrogen and oxygen atoms in total. The molecule has 324 valence electrons. The Morgan fingerprint density at radius 3 is 1.47 bits per heavy atom.